The Bertz CT molecular complexity index is 1800. The van der Waals surface area contributed by atoms with Gasteiger partial charge in [-0.25, -0.2) is 13.8 Å². The maximum atomic E-state index is 13.9. The fourth-order valence-electron chi connectivity index (χ4n) is 6.75. The van der Waals surface area contributed by atoms with Gasteiger partial charge >= 0.3 is 0 Å². The van der Waals surface area contributed by atoms with E-state index in [4.69, 9.17) is 9.57 Å². The number of ether oxygens (including phenoxy) is 1. The topological polar surface area (TPSA) is 164 Å². The van der Waals surface area contributed by atoms with E-state index in [-0.39, 0.29) is 25.2 Å². The monoisotopic (exact) mass is 659 g/mol. The second-order valence-electron chi connectivity index (χ2n) is 12.8. The predicted octanol–water partition coefficient (Wildman–Crippen LogP) is 2.46. The number of sulfonamides is 1. The van der Waals surface area contributed by atoms with Gasteiger partial charge in [0.2, 0.25) is 21.8 Å². The van der Waals surface area contributed by atoms with Gasteiger partial charge in [0.25, 0.3) is 5.91 Å². The van der Waals surface area contributed by atoms with Crippen molar-refractivity contribution >= 4 is 33.5 Å². The third-order valence-electron chi connectivity index (χ3n) is 9.61. The van der Waals surface area contributed by atoms with Crippen molar-refractivity contribution in [3.05, 3.63) is 78.4 Å². The van der Waals surface area contributed by atoms with E-state index in [1.165, 1.54) is 6.08 Å². The number of carbonyl (C=O) groups is 3. The van der Waals surface area contributed by atoms with Gasteiger partial charge in [-0.1, -0.05) is 47.6 Å². The Balaban J connectivity index is 1.15. The summed E-state index contributed by atoms with van der Waals surface area (Å²) < 4.78 is 33.2. The quantitative estimate of drug-likeness (QED) is 0.293. The maximum absolute atomic E-state index is 13.9. The van der Waals surface area contributed by atoms with E-state index >= 15 is 0 Å². The lowest BCUT2D eigenvalue weighted by molar-refractivity contribution is -0.136. The number of fused-ring (bicyclic) bond motifs is 6. The number of hydrazine groups is 1. The predicted molar refractivity (Wildman–Crippen MR) is 173 cm³/mol. The molecule has 7 rings (SSSR count). The van der Waals surface area contributed by atoms with E-state index < -0.39 is 56.5 Å². The second kappa shape index (κ2) is 12.3. The molecule has 246 valence electrons. The minimum absolute atomic E-state index is 0.165. The second-order valence-corrected chi connectivity index (χ2v) is 14.7. The molecule has 1 heterocycles. The van der Waals surface area contributed by atoms with Gasteiger partial charge in [-0.3, -0.25) is 24.5 Å². The van der Waals surface area contributed by atoms with Crippen LogP contribution in [0.3, 0.4) is 0 Å². The SMILES string of the molecule is C=C[C@H]1C[C@]1(NC(=O)[C@@H]1C[C@@H]2C[C@H]1C(=O)NNCC/C=C/COc1ccc3c(c1)/C(=N\O2)c1ccccc1-3)C(=O)NS(=O)(=O)C1CC1. The van der Waals surface area contributed by atoms with Gasteiger partial charge in [0.05, 0.1) is 17.1 Å². The average Bonchev–Trinajstić information content (AvgIpc) is 3.97. The molecule has 3 fully saturated rings. The summed E-state index contributed by atoms with van der Waals surface area (Å²) in [7, 11) is -3.83. The first-order valence-electron chi connectivity index (χ1n) is 16.0. The molecule has 13 heteroatoms. The highest BCUT2D eigenvalue weighted by Gasteiger charge is 2.62. The first-order valence-corrected chi connectivity index (χ1v) is 17.5. The van der Waals surface area contributed by atoms with Crippen LogP contribution in [0.5, 0.6) is 5.75 Å². The third-order valence-corrected chi connectivity index (χ3v) is 11.4. The van der Waals surface area contributed by atoms with E-state index in [0.29, 0.717) is 43.9 Å². The summed E-state index contributed by atoms with van der Waals surface area (Å²) in [5.41, 5.74) is 8.60. The molecule has 3 amide bonds. The van der Waals surface area contributed by atoms with Crippen LogP contribution in [0.4, 0.5) is 0 Å². The van der Waals surface area contributed by atoms with Gasteiger partial charge in [-0.2, -0.15) is 0 Å². The lowest BCUT2D eigenvalue weighted by Gasteiger charge is -2.23. The van der Waals surface area contributed by atoms with Gasteiger partial charge in [0.1, 0.15) is 29.7 Å². The Morgan fingerprint density at radius 2 is 1.83 bits per heavy atom. The molecule has 0 unspecified atom stereocenters. The molecule has 2 aromatic rings. The Morgan fingerprint density at radius 1 is 1.04 bits per heavy atom. The molecular weight excluding hydrogens is 622 g/mol. The van der Waals surface area contributed by atoms with Crippen molar-refractivity contribution in [3.63, 3.8) is 0 Å². The minimum Gasteiger partial charge on any atom is -0.490 e. The molecule has 0 spiro atoms. The molecule has 4 N–H and O–H groups in total. The average molecular weight is 660 g/mol. The number of hydrogen-bond acceptors (Lipinski definition) is 9. The molecule has 0 radical (unpaired) electrons. The molecule has 47 heavy (non-hydrogen) atoms. The number of hydrogen-bond donors (Lipinski definition) is 4. The lowest BCUT2D eigenvalue weighted by atomic mass is 9.94. The standard InChI is InChI=1S/C34H37N5O7S/c1-2-20-19-34(20,33(42)39-47(43,44)23-11-12-23)36-31(40)28-17-22-18-29(28)32(41)37-35-14-6-3-7-15-45-21-10-13-25-24-8-4-5-9-26(24)30(38-46-22)27(25)16-21/h2-5,7-10,13,16,20,22-23,28-29,35H,1,6,11-12,14-15,17-19H2,(H,36,40)(H,37,41)(H,39,42)/b7-3+,38-30-/t20-,22+,28+,29+,34+/m0/s1. The maximum Gasteiger partial charge on any atom is 0.259 e. The van der Waals surface area contributed by atoms with Crippen LogP contribution >= 0.6 is 0 Å². The van der Waals surface area contributed by atoms with Crippen molar-refractivity contribution in [2.45, 2.75) is 55.4 Å². The first-order chi connectivity index (χ1) is 22.7. The van der Waals surface area contributed by atoms with Crippen LogP contribution in [-0.2, 0) is 29.2 Å². The highest BCUT2D eigenvalue weighted by Crippen LogP contribution is 2.46. The molecule has 4 aliphatic carbocycles. The summed E-state index contributed by atoms with van der Waals surface area (Å²) in [5, 5.41) is 6.82. The van der Waals surface area contributed by atoms with Crippen molar-refractivity contribution in [2.24, 2.45) is 22.9 Å². The van der Waals surface area contributed by atoms with Crippen molar-refractivity contribution < 1.29 is 32.4 Å². The molecule has 5 aliphatic rings. The summed E-state index contributed by atoms with van der Waals surface area (Å²) in [6.07, 6.45) is 7.02. The summed E-state index contributed by atoms with van der Waals surface area (Å²) >= 11 is 0. The van der Waals surface area contributed by atoms with Crippen LogP contribution in [0.25, 0.3) is 11.1 Å². The molecule has 3 saturated carbocycles. The molecule has 0 saturated heterocycles. The van der Waals surface area contributed by atoms with Crippen molar-refractivity contribution in [3.8, 4) is 16.9 Å². The molecule has 12 nitrogen and oxygen atoms in total. The van der Waals surface area contributed by atoms with Gasteiger partial charge in [0.15, 0.2) is 0 Å². The van der Waals surface area contributed by atoms with Crippen LogP contribution in [-0.4, -0.2) is 61.9 Å². The largest absolute Gasteiger partial charge is 0.490 e. The Labute approximate surface area is 273 Å². The van der Waals surface area contributed by atoms with Crippen molar-refractivity contribution in [2.75, 3.05) is 13.2 Å². The van der Waals surface area contributed by atoms with Gasteiger partial charge in [-0.05, 0) is 67.9 Å². The first kappa shape index (κ1) is 31.1. The normalized spacial score (nSPS) is 30.0. The van der Waals surface area contributed by atoms with Crippen LogP contribution in [0, 0.1) is 17.8 Å². The highest BCUT2D eigenvalue weighted by atomic mass is 32.2. The lowest BCUT2D eigenvalue weighted by Crippen LogP contribution is -2.54. The van der Waals surface area contributed by atoms with Crippen LogP contribution in [0.2, 0.25) is 0 Å². The summed E-state index contributed by atoms with van der Waals surface area (Å²) in [6.45, 7) is 4.59. The summed E-state index contributed by atoms with van der Waals surface area (Å²) in [4.78, 5) is 46.7. The Morgan fingerprint density at radius 3 is 2.60 bits per heavy atom. The van der Waals surface area contributed by atoms with E-state index in [2.05, 4.69) is 32.6 Å². The van der Waals surface area contributed by atoms with Crippen LogP contribution in [0.15, 0.2) is 72.4 Å². The fraction of sp³-hybridized carbons (Fsp3) is 0.412. The van der Waals surface area contributed by atoms with E-state index in [1.807, 2.05) is 54.6 Å². The molecule has 1 aliphatic heterocycles. The van der Waals surface area contributed by atoms with Gasteiger partial charge in [0, 0.05) is 23.6 Å². The summed E-state index contributed by atoms with van der Waals surface area (Å²) in [6, 6.07) is 13.8. The number of rotatable bonds is 6. The van der Waals surface area contributed by atoms with E-state index in [9.17, 15) is 22.8 Å². The van der Waals surface area contributed by atoms with Gasteiger partial charge in [-0.15, -0.1) is 6.58 Å². The number of nitrogens with zero attached hydrogens (tertiary/aromatic N) is 1. The number of benzene rings is 2. The summed E-state index contributed by atoms with van der Waals surface area (Å²) in [5.74, 6) is -3.09. The fourth-order valence-corrected chi connectivity index (χ4v) is 8.12. The third kappa shape index (κ3) is 6.05. The van der Waals surface area contributed by atoms with Crippen LogP contribution < -0.4 is 25.6 Å². The van der Waals surface area contributed by atoms with Crippen molar-refractivity contribution in [1.82, 2.24) is 20.9 Å². The number of oxime groups is 1. The van der Waals surface area contributed by atoms with Crippen LogP contribution in [0.1, 0.15) is 49.7 Å². The highest BCUT2D eigenvalue weighted by molar-refractivity contribution is 7.91. The molecule has 5 atom stereocenters. The van der Waals surface area contributed by atoms with Crippen molar-refractivity contribution in [1.29, 1.82) is 0 Å². The zero-order chi connectivity index (χ0) is 32.8. The molecule has 4 bridgehead atoms. The number of carbonyl (C=O) groups excluding carboxylic acids is 3. The smallest absolute Gasteiger partial charge is 0.259 e. The molecular formula is C34H37N5O7S. The van der Waals surface area contributed by atoms with E-state index in [1.54, 1.807) is 0 Å². The molecule has 2 aromatic carbocycles. The Hall–Kier alpha value is -4.49. The van der Waals surface area contributed by atoms with Gasteiger partial charge < -0.3 is 14.9 Å². The Kier molecular flexibility index (Phi) is 8.13. The zero-order valence-electron chi connectivity index (χ0n) is 25.7. The molecule has 0 aromatic heterocycles. The van der Waals surface area contributed by atoms with E-state index in [0.717, 1.165) is 22.3 Å². The number of amides is 3. The number of nitrogens with one attached hydrogen (secondary N) is 4. The zero-order valence-corrected chi connectivity index (χ0v) is 26.6. The minimum atomic E-state index is -3.83.